The van der Waals surface area contributed by atoms with Crippen LogP contribution in [0.2, 0.25) is 0 Å². The van der Waals surface area contributed by atoms with Gasteiger partial charge in [-0.05, 0) is 62.3 Å². The molecule has 36 heavy (non-hydrogen) atoms. The van der Waals surface area contributed by atoms with E-state index in [2.05, 4.69) is 5.32 Å². The molecule has 4 rings (SSSR count). The van der Waals surface area contributed by atoms with E-state index in [0.29, 0.717) is 18.1 Å². The van der Waals surface area contributed by atoms with Crippen LogP contribution in [0.15, 0.2) is 42.5 Å². The van der Waals surface area contributed by atoms with Crippen molar-refractivity contribution in [1.29, 1.82) is 0 Å². The molecule has 2 heterocycles. The maximum Gasteiger partial charge on any atom is 0.246 e. The van der Waals surface area contributed by atoms with Crippen molar-refractivity contribution in [3.8, 4) is 0 Å². The van der Waals surface area contributed by atoms with Gasteiger partial charge in [-0.1, -0.05) is 51.3 Å². The standard InChI is InChI=1S/C29H39FN4O2/c1-4-20(2)28(35)32-27(21-12-6-5-7-13-21)29(36)34-19-11-17-25(34)23-15-10-18-26(31-23)33(3)24-16-9-8-14-22(24)30/h8-10,14-16,18,20-21,25,27H,4-7,11-13,17,19H2,1-3H3,(H,32,35)/t20-,25+,27+/m1/s1. The van der Waals surface area contributed by atoms with Gasteiger partial charge >= 0.3 is 0 Å². The Morgan fingerprint density at radius 3 is 2.56 bits per heavy atom. The fourth-order valence-electron chi connectivity index (χ4n) is 5.51. The van der Waals surface area contributed by atoms with Crippen molar-refractivity contribution in [3.63, 3.8) is 0 Å². The minimum atomic E-state index is -0.489. The predicted molar refractivity (Wildman–Crippen MR) is 140 cm³/mol. The third kappa shape index (κ3) is 5.71. The predicted octanol–water partition coefficient (Wildman–Crippen LogP) is 5.76. The number of benzene rings is 1. The number of nitrogens with zero attached hydrogens (tertiary/aromatic N) is 3. The summed E-state index contributed by atoms with van der Waals surface area (Å²) in [6.07, 6.45) is 7.79. The Kier molecular flexibility index (Phi) is 8.60. The number of nitrogens with one attached hydrogen (secondary N) is 1. The number of amides is 2. The molecule has 0 radical (unpaired) electrons. The molecule has 1 aromatic carbocycles. The van der Waals surface area contributed by atoms with E-state index < -0.39 is 6.04 Å². The lowest BCUT2D eigenvalue weighted by Gasteiger charge is -2.35. The quantitative estimate of drug-likeness (QED) is 0.506. The molecule has 6 nitrogen and oxygen atoms in total. The number of hydrogen-bond donors (Lipinski definition) is 1. The Bertz CT molecular complexity index is 1060. The second kappa shape index (κ2) is 11.8. The van der Waals surface area contributed by atoms with Gasteiger partial charge in [0.2, 0.25) is 11.8 Å². The van der Waals surface area contributed by atoms with Crippen molar-refractivity contribution in [2.75, 3.05) is 18.5 Å². The van der Waals surface area contributed by atoms with Gasteiger partial charge in [0.15, 0.2) is 0 Å². The molecule has 1 aliphatic carbocycles. The van der Waals surface area contributed by atoms with E-state index in [4.69, 9.17) is 4.98 Å². The molecule has 0 unspecified atom stereocenters. The number of hydrogen-bond acceptors (Lipinski definition) is 4. The zero-order valence-electron chi connectivity index (χ0n) is 21.8. The minimum absolute atomic E-state index is 0.00992. The molecule has 1 N–H and O–H groups in total. The molecule has 3 atom stereocenters. The van der Waals surface area contributed by atoms with Gasteiger partial charge in [0.05, 0.1) is 17.4 Å². The van der Waals surface area contributed by atoms with Crippen LogP contribution in [0.25, 0.3) is 0 Å². The lowest BCUT2D eigenvalue weighted by atomic mass is 9.83. The monoisotopic (exact) mass is 494 g/mol. The van der Waals surface area contributed by atoms with Crippen LogP contribution in [-0.2, 0) is 9.59 Å². The average molecular weight is 495 g/mol. The summed E-state index contributed by atoms with van der Waals surface area (Å²) in [5.41, 5.74) is 1.25. The van der Waals surface area contributed by atoms with Crippen molar-refractivity contribution in [1.82, 2.24) is 15.2 Å². The van der Waals surface area contributed by atoms with Gasteiger partial charge in [-0.15, -0.1) is 0 Å². The molecular formula is C29H39FN4O2. The van der Waals surface area contributed by atoms with Crippen LogP contribution < -0.4 is 10.2 Å². The molecule has 194 valence electrons. The Morgan fingerprint density at radius 1 is 1.08 bits per heavy atom. The highest BCUT2D eigenvalue weighted by atomic mass is 19.1. The molecule has 1 aliphatic heterocycles. The molecule has 1 saturated carbocycles. The number of pyridine rings is 1. The average Bonchev–Trinajstić information content (AvgIpc) is 3.41. The third-order valence-corrected chi connectivity index (χ3v) is 7.94. The fraction of sp³-hybridized carbons (Fsp3) is 0.552. The van der Waals surface area contributed by atoms with E-state index in [1.54, 1.807) is 30.1 Å². The molecule has 7 heteroatoms. The van der Waals surface area contributed by atoms with E-state index in [-0.39, 0.29) is 35.5 Å². The Hall–Kier alpha value is -2.96. The van der Waals surface area contributed by atoms with Crippen molar-refractivity contribution in [2.45, 2.75) is 77.3 Å². The second-order valence-electron chi connectivity index (χ2n) is 10.3. The lowest BCUT2D eigenvalue weighted by Crippen LogP contribution is -2.53. The largest absolute Gasteiger partial charge is 0.344 e. The van der Waals surface area contributed by atoms with Crippen LogP contribution in [-0.4, -0.2) is 41.3 Å². The number of anilines is 2. The Labute approximate surface area is 214 Å². The molecule has 0 bridgehead atoms. The van der Waals surface area contributed by atoms with Crippen molar-refractivity contribution >= 4 is 23.3 Å². The molecule has 2 aromatic rings. The first-order valence-electron chi connectivity index (χ1n) is 13.5. The third-order valence-electron chi connectivity index (χ3n) is 7.94. The van der Waals surface area contributed by atoms with E-state index >= 15 is 0 Å². The van der Waals surface area contributed by atoms with E-state index in [0.717, 1.165) is 50.6 Å². The van der Waals surface area contributed by atoms with Crippen LogP contribution in [0, 0.1) is 17.7 Å². The second-order valence-corrected chi connectivity index (χ2v) is 10.3. The van der Waals surface area contributed by atoms with Crippen LogP contribution in [0.5, 0.6) is 0 Å². The first-order valence-corrected chi connectivity index (χ1v) is 13.5. The molecule has 2 fully saturated rings. The van der Waals surface area contributed by atoms with Crippen molar-refractivity contribution in [3.05, 3.63) is 54.0 Å². The summed E-state index contributed by atoms with van der Waals surface area (Å²) in [7, 11) is 1.80. The van der Waals surface area contributed by atoms with Crippen molar-refractivity contribution < 1.29 is 14.0 Å². The summed E-state index contributed by atoms with van der Waals surface area (Å²) in [6, 6.07) is 11.7. The van der Waals surface area contributed by atoms with Crippen LogP contribution in [0.3, 0.4) is 0 Å². The van der Waals surface area contributed by atoms with E-state index in [1.165, 1.54) is 12.5 Å². The highest BCUT2D eigenvalue weighted by Gasteiger charge is 2.39. The summed E-state index contributed by atoms with van der Waals surface area (Å²) in [4.78, 5) is 35.3. The summed E-state index contributed by atoms with van der Waals surface area (Å²) >= 11 is 0. The normalized spacial score (nSPS) is 20.1. The number of aromatic nitrogens is 1. The maximum atomic E-state index is 14.4. The Balaban J connectivity index is 1.57. The summed E-state index contributed by atoms with van der Waals surface area (Å²) in [6.45, 7) is 4.56. The number of para-hydroxylation sites is 1. The number of halogens is 1. The van der Waals surface area contributed by atoms with E-state index in [1.807, 2.05) is 36.9 Å². The van der Waals surface area contributed by atoms with Gasteiger partial charge in [-0.2, -0.15) is 0 Å². The maximum absolute atomic E-state index is 14.4. The van der Waals surface area contributed by atoms with Crippen LogP contribution in [0.1, 0.15) is 76.9 Å². The van der Waals surface area contributed by atoms with Gasteiger partial charge in [0.1, 0.15) is 17.7 Å². The summed E-state index contributed by atoms with van der Waals surface area (Å²) in [5.74, 6) is 0.347. The van der Waals surface area contributed by atoms with Crippen LogP contribution in [0.4, 0.5) is 15.9 Å². The number of carbonyl (C=O) groups excluding carboxylic acids is 2. The smallest absolute Gasteiger partial charge is 0.246 e. The van der Waals surface area contributed by atoms with E-state index in [9.17, 15) is 14.0 Å². The number of rotatable bonds is 8. The Morgan fingerprint density at radius 2 is 1.83 bits per heavy atom. The first-order chi connectivity index (χ1) is 17.4. The van der Waals surface area contributed by atoms with Gasteiger partial charge in [0.25, 0.3) is 0 Å². The van der Waals surface area contributed by atoms with Gasteiger partial charge in [0, 0.05) is 19.5 Å². The van der Waals surface area contributed by atoms with Crippen molar-refractivity contribution in [2.24, 2.45) is 11.8 Å². The topological polar surface area (TPSA) is 65.5 Å². The molecule has 1 saturated heterocycles. The SMILES string of the molecule is CC[C@@H](C)C(=O)N[C@H](C(=O)N1CCC[C@H]1c1cccc(N(C)c2ccccc2F)n1)C1CCCCC1. The minimum Gasteiger partial charge on any atom is -0.344 e. The van der Waals surface area contributed by atoms with Gasteiger partial charge in [-0.25, -0.2) is 9.37 Å². The molecule has 2 aliphatic rings. The van der Waals surface area contributed by atoms with Gasteiger partial charge in [-0.3, -0.25) is 9.59 Å². The molecular weight excluding hydrogens is 455 g/mol. The number of carbonyl (C=O) groups is 2. The highest BCUT2D eigenvalue weighted by Crippen LogP contribution is 2.35. The first kappa shape index (κ1) is 26.1. The van der Waals surface area contributed by atoms with Gasteiger partial charge < -0.3 is 15.1 Å². The number of likely N-dealkylation sites (tertiary alicyclic amines) is 1. The highest BCUT2D eigenvalue weighted by molar-refractivity contribution is 5.89. The zero-order valence-corrected chi connectivity index (χ0v) is 21.8. The lowest BCUT2D eigenvalue weighted by molar-refractivity contribution is -0.140. The fourth-order valence-corrected chi connectivity index (χ4v) is 5.51. The molecule has 2 amide bonds. The summed E-state index contributed by atoms with van der Waals surface area (Å²) in [5, 5.41) is 3.14. The molecule has 0 spiro atoms. The van der Waals surface area contributed by atoms with Crippen LogP contribution >= 0.6 is 0 Å². The zero-order chi connectivity index (χ0) is 25.7. The molecule has 1 aromatic heterocycles. The summed E-state index contributed by atoms with van der Waals surface area (Å²) < 4.78 is 14.4.